The van der Waals surface area contributed by atoms with E-state index < -0.39 is 29.5 Å². The first-order valence-electron chi connectivity index (χ1n) is 4.55. The number of hydrogen-bond acceptors (Lipinski definition) is 2. The van der Waals surface area contributed by atoms with E-state index in [1.54, 1.807) is 0 Å². The zero-order valence-corrected chi connectivity index (χ0v) is 9.32. The summed E-state index contributed by atoms with van der Waals surface area (Å²) >= 11 is 4.32. The first-order chi connectivity index (χ1) is 7.80. The first kappa shape index (κ1) is 13.7. The van der Waals surface area contributed by atoms with Crippen molar-refractivity contribution in [3.63, 3.8) is 0 Å². The van der Waals surface area contributed by atoms with Crippen LogP contribution in [-0.2, 0) is 0 Å². The molecule has 2 N–H and O–H groups in total. The van der Waals surface area contributed by atoms with Gasteiger partial charge in [0.15, 0.2) is 0 Å². The van der Waals surface area contributed by atoms with Crippen LogP contribution in [0.3, 0.4) is 0 Å². The molecule has 2 nitrogen and oxygen atoms in total. The Morgan fingerprint density at radius 1 is 1.29 bits per heavy atom. The summed E-state index contributed by atoms with van der Waals surface area (Å²) in [5.41, 5.74) is 4.98. The van der Waals surface area contributed by atoms with Gasteiger partial charge in [0, 0.05) is 0 Å². The molecule has 0 spiro atoms. The van der Waals surface area contributed by atoms with Gasteiger partial charge in [-0.15, -0.1) is 0 Å². The third kappa shape index (κ3) is 4.18. The summed E-state index contributed by atoms with van der Waals surface area (Å²) in [4.78, 5) is -0.681. The minimum absolute atomic E-state index is 0.122. The Balaban J connectivity index is 2.65. The van der Waals surface area contributed by atoms with Crippen LogP contribution in [0, 0.1) is 11.7 Å². The molecule has 0 fully saturated rings. The van der Waals surface area contributed by atoms with E-state index in [4.69, 9.17) is 10.5 Å². The molecule has 0 aliphatic carbocycles. The lowest BCUT2D eigenvalue weighted by Gasteiger charge is -2.19. The molecule has 17 heavy (non-hydrogen) atoms. The third-order valence-corrected chi connectivity index (χ3v) is 2.25. The zero-order chi connectivity index (χ0) is 13.1. The van der Waals surface area contributed by atoms with Gasteiger partial charge in [0.25, 0.3) is 0 Å². The second kappa shape index (κ2) is 5.31. The van der Waals surface area contributed by atoms with E-state index in [2.05, 4.69) is 12.2 Å². The van der Waals surface area contributed by atoms with E-state index in [1.807, 2.05) is 0 Å². The summed E-state index contributed by atoms with van der Waals surface area (Å²) in [6.45, 7) is -0.718. The molecule has 0 aliphatic heterocycles. The summed E-state index contributed by atoms with van der Waals surface area (Å²) < 4.78 is 54.7. The van der Waals surface area contributed by atoms with Crippen molar-refractivity contribution in [2.24, 2.45) is 11.7 Å². The van der Waals surface area contributed by atoms with Gasteiger partial charge in [0.1, 0.15) is 24.1 Å². The molecule has 1 rings (SSSR count). The Morgan fingerprint density at radius 2 is 1.82 bits per heavy atom. The van der Waals surface area contributed by atoms with Gasteiger partial charge in [-0.1, -0.05) is 12.2 Å². The first-order valence-corrected chi connectivity index (χ1v) is 4.96. The Hall–Kier alpha value is -1.37. The molecule has 7 heteroatoms. The van der Waals surface area contributed by atoms with Crippen LogP contribution in [0.15, 0.2) is 24.3 Å². The minimum atomic E-state index is -4.55. The maximum atomic E-state index is 12.5. The number of hydrogen-bond donors (Lipinski definition) is 1. The monoisotopic (exact) mass is 267 g/mol. The van der Waals surface area contributed by atoms with Crippen LogP contribution in [0.1, 0.15) is 0 Å². The van der Waals surface area contributed by atoms with E-state index in [0.717, 1.165) is 12.1 Å². The lowest BCUT2D eigenvalue weighted by molar-refractivity contribution is -0.161. The molecule has 94 valence electrons. The van der Waals surface area contributed by atoms with Gasteiger partial charge in [-0.3, -0.25) is 0 Å². The molecule has 0 aromatic heterocycles. The normalized spacial score (nSPS) is 13.2. The molecule has 0 amide bonds. The van der Waals surface area contributed by atoms with Gasteiger partial charge in [0.05, 0.1) is 4.99 Å². The molecular formula is C10H9F4NOS. The second-order valence-corrected chi connectivity index (χ2v) is 3.73. The molecule has 1 aromatic rings. The summed E-state index contributed by atoms with van der Waals surface area (Å²) in [7, 11) is 0. The fourth-order valence-corrected chi connectivity index (χ4v) is 1.25. The van der Waals surface area contributed by atoms with Gasteiger partial charge >= 0.3 is 6.18 Å². The van der Waals surface area contributed by atoms with Gasteiger partial charge in [-0.05, 0) is 24.3 Å². The van der Waals surface area contributed by atoms with Crippen LogP contribution < -0.4 is 10.5 Å². The molecule has 0 radical (unpaired) electrons. The van der Waals surface area contributed by atoms with E-state index in [-0.39, 0.29) is 5.75 Å². The number of halogens is 4. The number of alkyl halides is 3. The summed E-state index contributed by atoms with van der Waals surface area (Å²) in [6, 6.07) is 4.61. The zero-order valence-electron chi connectivity index (χ0n) is 8.50. The average molecular weight is 267 g/mol. The Bertz CT molecular complexity index is 390. The molecule has 1 aromatic carbocycles. The van der Waals surface area contributed by atoms with Crippen LogP contribution in [0.4, 0.5) is 17.6 Å². The second-order valence-electron chi connectivity index (χ2n) is 3.26. The van der Waals surface area contributed by atoms with E-state index in [1.165, 1.54) is 12.1 Å². The lowest BCUT2D eigenvalue weighted by Crippen LogP contribution is -2.38. The standard InChI is InChI=1S/C10H9F4NOS/c11-6-1-3-7(4-2-6)16-5-8(9(15)17)10(12,13)14/h1-4,8H,5H2,(H2,15,17). The summed E-state index contributed by atoms with van der Waals surface area (Å²) in [5.74, 6) is -2.39. The molecule has 0 saturated heterocycles. The van der Waals surface area contributed by atoms with E-state index in [0.29, 0.717) is 0 Å². The van der Waals surface area contributed by atoms with Crippen LogP contribution in [-0.4, -0.2) is 17.8 Å². The number of thiocarbonyl (C=S) groups is 1. The Labute approximate surface area is 100 Å². The SMILES string of the molecule is NC(=S)C(COc1ccc(F)cc1)C(F)(F)F. The van der Waals surface area contributed by atoms with Crippen LogP contribution in [0.25, 0.3) is 0 Å². The third-order valence-electron chi connectivity index (χ3n) is 1.97. The Kier molecular flexibility index (Phi) is 4.28. The van der Waals surface area contributed by atoms with Crippen molar-refractivity contribution in [1.29, 1.82) is 0 Å². The minimum Gasteiger partial charge on any atom is -0.493 e. The Morgan fingerprint density at radius 3 is 2.24 bits per heavy atom. The molecular weight excluding hydrogens is 258 g/mol. The van der Waals surface area contributed by atoms with E-state index >= 15 is 0 Å². The van der Waals surface area contributed by atoms with Gasteiger partial charge in [0.2, 0.25) is 0 Å². The smallest absolute Gasteiger partial charge is 0.401 e. The fourth-order valence-electron chi connectivity index (χ4n) is 1.05. The van der Waals surface area contributed by atoms with Crippen molar-refractivity contribution in [2.45, 2.75) is 6.18 Å². The predicted octanol–water partition coefficient (Wildman–Crippen LogP) is 2.67. The highest BCUT2D eigenvalue weighted by molar-refractivity contribution is 7.80. The highest BCUT2D eigenvalue weighted by Crippen LogP contribution is 2.27. The molecule has 1 atom stereocenters. The molecule has 0 bridgehead atoms. The van der Waals surface area contributed by atoms with Crippen molar-refractivity contribution in [2.75, 3.05) is 6.61 Å². The van der Waals surface area contributed by atoms with Crippen LogP contribution in [0.2, 0.25) is 0 Å². The van der Waals surface area contributed by atoms with Crippen molar-refractivity contribution in [3.8, 4) is 5.75 Å². The maximum Gasteiger partial charge on any atom is 0.401 e. The lowest BCUT2D eigenvalue weighted by atomic mass is 10.1. The summed E-state index contributed by atoms with van der Waals surface area (Å²) in [6.07, 6.45) is -4.55. The van der Waals surface area contributed by atoms with Crippen LogP contribution >= 0.6 is 12.2 Å². The van der Waals surface area contributed by atoms with Crippen molar-refractivity contribution < 1.29 is 22.3 Å². The summed E-state index contributed by atoms with van der Waals surface area (Å²) in [5, 5.41) is 0. The van der Waals surface area contributed by atoms with Crippen LogP contribution in [0.5, 0.6) is 5.75 Å². The quantitative estimate of drug-likeness (QED) is 0.673. The van der Waals surface area contributed by atoms with E-state index in [9.17, 15) is 17.6 Å². The fraction of sp³-hybridized carbons (Fsp3) is 0.300. The van der Waals surface area contributed by atoms with Gasteiger partial charge in [-0.2, -0.15) is 13.2 Å². The van der Waals surface area contributed by atoms with Gasteiger partial charge in [-0.25, -0.2) is 4.39 Å². The van der Waals surface area contributed by atoms with Gasteiger partial charge < -0.3 is 10.5 Å². The number of benzene rings is 1. The molecule has 1 unspecified atom stereocenters. The molecule has 0 aliphatic rings. The number of rotatable bonds is 4. The van der Waals surface area contributed by atoms with Crippen molar-refractivity contribution in [3.05, 3.63) is 30.1 Å². The number of ether oxygens (including phenoxy) is 1. The highest BCUT2D eigenvalue weighted by Gasteiger charge is 2.42. The number of nitrogens with two attached hydrogens (primary N) is 1. The molecule has 0 heterocycles. The van der Waals surface area contributed by atoms with Crippen molar-refractivity contribution >= 4 is 17.2 Å². The highest BCUT2D eigenvalue weighted by atomic mass is 32.1. The average Bonchev–Trinajstić information content (AvgIpc) is 2.18. The maximum absolute atomic E-state index is 12.5. The largest absolute Gasteiger partial charge is 0.493 e. The topological polar surface area (TPSA) is 35.2 Å². The van der Waals surface area contributed by atoms with Crippen molar-refractivity contribution in [1.82, 2.24) is 0 Å². The molecule has 0 saturated carbocycles. The predicted molar refractivity (Wildman–Crippen MR) is 58.2 cm³/mol.